The lowest BCUT2D eigenvalue weighted by molar-refractivity contribution is -0.157. The van der Waals surface area contributed by atoms with Crippen molar-refractivity contribution in [2.45, 2.75) is 56.6 Å². The molecule has 36 heavy (non-hydrogen) atoms. The molecule has 3 fully saturated rings. The predicted molar refractivity (Wildman–Crippen MR) is 135 cm³/mol. The van der Waals surface area contributed by atoms with Crippen molar-refractivity contribution in [1.29, 1.82) is 0 Å². The van der Waals surface area contributed by atoms with Crippen molar-refractivity contribution in [3.63, 3.8) is 0 Å². The van der Waals surface area contributed by atoms with Crippen molar-refractivity contribution in [3.8, 4) is 0 Å². The van der Waals surface area contributed by atoms with Gasteiger partial charge in [-0.1, -0.05) is 84.9 Å². The highest BCUT2D eigenvalue weighted by molar-refractivity contribution is 5.80. The number of carboxylic acids is 1. The van der Waals surface area contributed by atoms with Gasteiger partial charge in [0.05, 0.1) is 12.7 Å². The molecule has 2 unspecified atom stereocenters. The lowest BCUT2D eigenvalue weighted by Gasteiger charge is -2.46. The minimum absolute atomic E-state index is 0.0352. The Morgan fingerprint density at radius 1 is 0.833 bits per heavy atom. The predicted octanol–water partition coefficient (Wildman–Crippen LogP) is 4.67. The fraction of sp³-hybridized carbons (Fsp3) is 0.333. The van der Waals surface area contributed by atoms with Crippen LogP contribution in [0.5, 0.6) is 0 Å². The fourth-order valence-electron chi connectivity index (χ4n) is 5.45. The lowest BCUT2D eigenvalue weighted by Crippen LogP contribution is -2.61. The van der Waals surface area contributed by atoms with Crippen LogP contribution in [0.1, 0.15) is 47.4 Å². The van der Waals surface area contributed by atoms with Crippen LogP contribution in [0.4, 0.5) is 0 Å². The third-order valence-electron chi connectivity index (χ3n) is 7.32. The van der Waals surface area contributed by atoms with E-state index in [2.05, 4.69) is 17.4 Å². The molecule has 1 saturated carbocycles. The molecule has 3 aromatic rings. The summed E-state index contributed by atoms with van der Waals surface area (Å²) in [5.41, 5.74) is 3.37. The maximum Gasteiger partial charge on any atom is 0.323 e. The van der Waals surface area contributed by atoms with Gasteiger partial charge in [-0.15, -0.1) is 0 Å². The first-order chi connectivity index (χ1) is 17.6. The Hall–Kier alpha value is -3.48. The molecule has 0 amide bonds. The van der Waals surface area contributed by atoms with E-state index < -0.39 is 11.9 Å². The number of esters is 1. The van der Waals surface area contributed by atoms with E-state index in [0.29, 0.717) is 12.2 Å². The second-order valence-electron chi connectivity index (χ2n) is 9.68. The lowest BCUT2D eigenvalue weighted by atomic mass is 9.74. The number of carboxylic acid groups (broad SMARTS) is 1. The second-order valence-corrected chi connectivity index (χ2v) is 9.68. The van der Waals surface area contributed by atoms with Crippen LogP contribution in [0.2, 0.25) is 0 Å². The molecule has 6 heteroatoms. The van der Waals surface area contributed by atoms with E-state index in [1.54, 1.807) is 12.1 Å². The van der Waals surface area contributed by atoms with Crippen molar-refractivity contribution >= 4 is 11.9 Å². The second kappa shape index (κ2) is 11.1. The number of benzene rings is 3. The summed E-state index contributed by atoms with van der Waals surface area (Å²) < 4.78 is 11.9. The molecule has 186 valence electrons. The molecule has 5 atom stereocenters. The first-order valence-corrected chi connectivity index (χ1v) is 12.5. The average Bonchev–Trinajstić information content (AvgIpc) is 2.92. The van der Waals surface area contributed by atoms with E-state index in [0.717, 1.165) is 36.0 Å². The number of fused-ring (bicyclic) bond motifs is 3. The van der Waals surface area contributed by atoms with Crippen LogP contribution in [-0.4, -0.2) is 35.2 Å². The average molecular weight is 486 g/mol. The van der Waals surface area contributed by atoms with Gasteiger partial charge in [0.1, 0.15) is 18.6 Å². The highest BCUT2D eigenvalue weighted by Gasteiger charge is 2.46. The van der Waals surface area contributed by atoms with Crippen LogP contribution in [0.3, 0.4) is 0 Å². The summed E-state index contributed by atoms with van der Waals surface area (Å²) in [5, 5.41) is 13.2. The molecule has 1 aliphatic carbocycles. The summed E-state index contributed by atoms with van der Waals surface area (Å²) in [5.74, 6) is -1.80. The minimum atomic E-state index is -0.900. The van der Waals surface area contributed by atoms with Crippen LogP contribution in [0.15, 0.2) is 84.9 Å². The molecule has 2 N–H and O–H groups in total. The number of aliphatic carboxylic acids is 1. The molecular weight excluding hydrogens is 454 g/mol. The molecule has 0 spiro atoms. The molecule has 6 nitrogen and oxygen atoms in total. The summed E-state index contributed by atoms with van der Waals surface area (Å²) in [6.07, 6.45) is 2.94. The van der Waals surface area contributed by atoms with E-state index >= 15 is 0 Å². The largest absolute Gasteiger partial charge is 0.481 e. The molecule has 2 aliphatic heterocycles. The van der Waals surface area contributed by atoms with Crippen LogP contribution in [-0.2, 0) is 32.3 Å². The van der Waals surface area contributed by atoms with Gasteiger partial charge in [0.15, 0.2) is 0 Å². The monoisotopic (exact) mass is 485 g/mol. The quantitative estimate of drug-likeness (QED) is 0.429. The Kier molecular flexibility index (Phi) is 7.44. The highest BCUT2D eigenvalue weighted by atomic mass is 16.5. The van der Waals surface area contributed by atoms with Gasteiger partial charge in [0.2, 0.25) is 0 Å². The van der Waals surface area contributed by atoms with Crippen molar-refractivity contribution < 1.29 is 24.2 Å². The molecule has 2 saturated heterocycles. The van der Waals surface area contributed by atoms with E-state index in [9.17, 15) is 14.7 Å². The first kappa shape index (κ1) is 24.2. The summed E-state index contributed by atoms with van der Waals surface area (Å²) >= 11 is 0. The number of nitrogens with one attached hydrogen (secondary N) is 1. The first-order valence-electron chi connectivity index (χ1n) is 12.5. The van der Waals surface area contributed by atoms with Crippen LogP contribution in [0, 0.1) is 5.92 Å². The van der Waals surface area contributed by atoms with Gasteiger partial charge in [-0.05, 0) is 41.5 Å². The zero-order chi connectivity index (χ0) is 24.9. The van der Waals surface area contributed by atoms with Crippen molar-refractivity contribution in [1.82, 2.24) is 5.32 Å². The maximum atomic E-state index is 13.0. The third kappa shape index (κ3) is 5.50. The van der Waals surface area contributed by atoms with E-state index in [-0.39, 0.29) is 36.7 Å². The van der Waals surface area contributed by atoms with E-state index in [1.165, 1.54) is 0 Å². The van der Waals surface area contributed by atoms with Gasteiger partial charge in [-0.3, -0.25) is 9.59 Å². The fourth-order valence-corrected chi connectivity index (χ4v) is 5.45. The number of piperidine rings is 2. The normalized spacial score (nSPS) is 23.7. The van der Waals surface area contributed by atoms with Gasteiger partial charge in [0.25, 0.3) is 0 Å². The van der Waals surface area contributed by atoms with E-state index in [4.69, 9.17) is 9.47 Å². The molecule has 3 aromatic carbocycles. The van der Waals surface area contributed by atoms with Gasteiger partial charge < -0.3 is 19.9 Å². The van der Waals surface area contributed by atoms with Crippen LogP contribution >= 0.6 is 0 Å². The Morgan fingerprint density at radius 2 is 1.47 bits per heavy atom. The molecular formula is C30H31NO5. The number of ether oxygens (including phenoxy) is 2. The summed E-state index contributed by atoms with van der Waals surface area (Å²) in [4.78, 5) is 24.9. The van der Waals surface area contributed by atoms with Gasteiger partial charge in [-0.25, -0.2) is 0 Å². The smallest absolute Gasteiger partial charge is 0.323 e. The molecule has 3 aliphatic rings. The highest BCUT2D eigenvalue weighted by Crippen LogP contribution is 2.36. The van der Waals surface area contributed by atoms with Crippen molar-refractivity contribution in [2.24, 2.45) is 5.92 Å². The molecule has 2 heterocycles. The Balaban J connectivity index is 1.18. The zero-order valence-corrected chi connectivity index (χ0v) is 20.1. The van der Waals surface area contributed by atoms with Crippen molar-refractivity contribution in [3.05, 3.63) is 107 Å². The Morgan fingerprint density at radius 3 is 2.14 bits per heavy atom. The number of hydrogen-bond acceptors (Lipinski definition) is 5. The SMILES string of the molecule is O=C(O)C(c1ccccc1)c1ccc(COC(=O)[C@H]2N[C@H]3CC[C@@H]2C(OCc2ccccc2)C3)cc1. The van der Waals surface area contributed by atoms with Crippen molar-refractivity contribution in [2.75, 3.05) is 0 Å². The third-order valence-corrected chi connectivity index (χ3v) is 7.32. The summed E-state index contributed by atoms with van der Waals surface area (Å²) in [6, 6.07) is 26.4. The Labute approximate surface area is 211 Å². The van der Waals surface area contributed by atoms with Gasteiger partial charge >= 0.3 is 11.9 Å². The molecule has 2 bridgehead atoms. The minimum Gasteiger partial charge on any atom is -0.481 e. The topological polar surface area (TPSA) is 84.9 Å². The number of carbonyl (C=O) groups is 2. The number of hydrogen-bond donors (Lipinski definition) is 2. The molecule has 0 aromatic heterocycles. The van der Waals surface area contributed by atoms with Gasteiger partial charge in [-0.2, -0.15) is 0 Å². The van der Waals surface area contributed by atoms with Gasteiger partial charge in [0, 0.05) is 12.0 Å². The number of rotatable bonds is 9. The van der Waals surface area contributed by atoms with Crippen LogP contribution in [0.25, 0.3) is 0 Å². The maximum absolute atomic E-state index is 13.0. The number of carbonyl (C=O) groups excluding carboxylic acids is 1. The summed E-state index contributed by atoms with van der Waals surface area (Å²) in [6.45, 7) is 0.691. The van der Waals surface area contributed by atoms with Crippen LogP contribution < -0.4 is 5.32 Å². The molecule has 0 radical (unpaired) electrons. The standard InChI is InChI=1S/C30H31NO5/c32-29(33)27(22-9-5-2-6-10-22)23-13-11-21(12-14-23)19-36-30(34)28-25-16-15-24(31-28)17-26(25)35-18-20-7-3-1-4-8-20/h1-14,24-28,31H,15-19H2,(H,32,33)/t24-,25+,26?,27?,28-/m0/s1. The Bertz CT molecular complexity index is 1160. The summed E-state index contributed by atoms with van der Waals surface area (Å²) in [7, 11) is 0. The van der Waals surface area contributed by atoms with E-state index in [1.807, 2.05) is 60.7 Å². The zero-order valence-electron chi connectivity index (χ0n) is 20.1. The molecule has 6 rings (SSSR count).